The molecule has 0 saturated heterocycles. The standard InChI is InChI=1S/C3H2O2.Y/c1-2-3(4)5;/h1H,(H,4,5);. The van der Waals surface area contributed by atoms with E-state index in [2.05, 4.69) is 6.42 Å². The first-order valence-electron chi connectivity index (χ1n) is 0.966. The van der Waals surface area contributed by atoms with Crippen molar-refractivity contribution in [3.63, 3.8) is 0 Å². The zero-order chi connectivity index (χ0) is 4.28. The van der Waals surface area contributed by atoms with E-state index in [9.17, 15) is 0 Å². The zero-order valence-corrected chi connectivity index (χ0v) is 5.85. The first-order chi connectivity index (χ1) is 2.27. The molecule has 1 N–H and O–H groups in total. The first-order valence-corrected chi connectivity index (χ1v) is 0.966. The molecule has 0 bridgehead atoms. The van der Waals surface area contributed by atoms with E-state index in [1.807, 2.05) is 0 Å². The van der Waals surface area contributed by atoms with Crippen LogP contribution in [0.1, 0.15) is 0 Å². The molecule has 0 spiro atoms. The number of aliphatic carboxylic acids is 1. The Labute approximate surface area is 60.8 Å². The maximum Gasteiger partial charge on any atom is 0.381 e. The molecule has 0 aromatic heterocycles. The van der Waals surface area contributed by atoms with Crippen molar-refractivity contribution in [2.24, 2.45) is 0 Å². The number of rotatable bonds is 0. The van der Waals surface area contributed by atoms with Crippen molar-refractivity contribution >= 4 is 5.97 Å². The Morgan fingerprint density at radius 3 is 2.00 bits per heavy atom. The molecule has 0 heterocycles. The van der Waals surface area contributed by atoms with Gasteiger partial charge in [-0.15, -0.1) is 6.42 Å². The average molecular weight is 159 g/mol. The second kappa shape index (κ2) is 5.13. The van der Waals surface area contributed by atoms with Crippen LogP contribution in [0.4, 0.5) is 0 Å². The predicted molar refractivity (Wildman–Crippen MR) is 16.5 cm³/mol. The van der Waals surface area contributed by atoms with Crippen LogP contribution < -0.4 is 0 Å². The Morgan fingerprint density at radius 2 is 2.00 bits per heavy atom. The van der Waals surface area contributed by atoms with Gasteiger partial charge in [-0.1, -0.05) is 0 Å². The van der Waals surface area contributed by atoms with E-state index in [-0.39, 0.29) is 32.7 Å². The second-order valence-electron chi connectivity index (χ2n) is 0.449. The van der Waals surface area contributed by atoms with Gasteiger partial charge in [0.1, 0.15) is 0 Å². The molecule has 0 rings (SSSR count). The third-order valence-electron chi connectivity index (χ3n) is 0.123. The Kier molecular flexibility index (Phi) is 8.09. The van der Waals surface area contributed by atoms with E-state index in [0.29, 0.717) is 0 Å². The Morgan fingerprint density at radius 1 is 1.83 bits per heavy atom. The molecule has 0 aromatic rings. The molecule has 0 unspecified atom stereocenters. The molecule has 29 valence electrons. The van der Waals surface area contributed by atoms with Crippen molar-refractivity contribution in [1.82, 2.24) is 0 Å². The first kappa shape index (κ1) is 9.46. The fourth-order valence-corrected chi connectivity index (χ4v) is 0. The molecule has 0 aliphatic carbocycles. The summed E-state index contributed by atoms with van der Waals surface area (Å²) in [6.07, 6.45) is 4.32. The van der Waals surface area contributed by atoms with Crippen LogP contribution >= 0.6 is 0 Å². The van der Waals surface area contributed by atoms with Gasteiger partial charge in [-0.05, 0) is 0 Å². The minimum Gasteiger partial charge on any atom is -0.472 e. The fourth-order valence-electron chi connectivity index (χ4n) is 0. The van der Waals surface area contributed by atoms with Gasteiger partial charge >= 0.3 is 5.97 Å². The summed E-state index contributed by atoms with van der Waals surface area (Å²) in [4.78, 5) is 9.13. The van der Waals surface area contributed by atoms with Crippen molar-refractivity contribution in [1.29, 1.82) is 0 Å². The summed E-state index contributed by atoms with van der Waals surface area (Å²) in [7, 11) is 0. The van der Waals surface area contributed by atoms with Gasteiger partial charge < -0.3 is 5.11 Å². The molecule has 2 nitrogen and oxygen atoms in total. The van der Waals surface area contributed by atoms with Gasteiger partial charge in [-0.2, -0.15) is 0 Å². The van der Waals surface area contributed by atoms with E-state index in [1.54, 1.807) is 0 Å². The van der Waals surface area contributed by atoms with Crippen LogP contribution in [0.25, 0.3) is 0 Å². The number of terminal acetylenes is 1. The normalized spacial score (nSPS) is 4.50. The van der Waals surface area contributed by atoms with Crippen LogP contribution in [0.3, 0.4) is 0 Å². The van der Waals surface area contributed by atoms with Crippen LogP contribution in [0.5, 0.6) is 0 Å². The largest absolute Gasteiger partial charge is 0.472 e. The molecule has 0 atom stereocenters. The van der Waals surface area contributed by atoms with Crippen LogP contribution in [-0.4, -0.2) is 11.1 Å². The number of carbonyl (C=O) groups is 1. The summed E-state index contributed by atoms with van der Waals surface area (Å²) < 4.78 is 0. The van der Waals surface area contributed by atoms with Crippen LogP contribution in [0.2, 0.25) is 0 Å². The summed E-state index contributed by atoms with van der Waals surface area (Å²) >= 11 is 0. The third-order valence-corrected chi connectivity index (χ3v) is 0.123. The van der Waals surface area contributed by atoms with E-state index in [1.165, 1.54) is 5.92 Å². The summed E-state index contributed by atoms with van der Waals surface area (Å²) in [5.41, 5.74) is 0. The average Bonchev–Trinajstić information content (AvgIpc) is 1.38. The number of carboxylic acid groups (broad SMARTS) is 1. The zero-order valence-electron chi connectivity index (χ0n) is 3.01. The monoisotopic (exact) mass is 159 g/mol. The Balaban J connectivity index is 0. The van der Waals surface area contributed by atoms with E-state index >= 15 is 0 Å². The topological polar surface area (TPSA) is 37.3 Å². The molecule has 0 aliphatic heterocycles. The van der Waals surface area contributed by atoms with Gasteiger partial charge in [0.2, 0.25) is 0 Å². The summed E-state index contributed by atoms with van der Waals surface area (Å²) in [5.74, 6) is 0.227. The summed E-state index contributed by atoms with van der Waals surface area (Å²) in [5, 5.41) is 7.49. The maximum absolute atomic E-state index is 9.13. The van der Waals surface area contributed by atoms with Gasteiger partial charge in [0.25, 0.3) is 0 Å². The van der Waals surface area contributed by atoms with Crippen molar-refractivity contribution in [3.8, 4) is 12.3 Å². The molecular formula is C3H2O2Y. The Bertz CT molecular complexity index is 81.3. The molecule has 0 aromatic carbocycles. The predicted octanol–water partition coefficient (Wildman–Crippen LogP) is -0.298. The fraction of sp³-hybridized carbons (Fsp3) is 0. The van der Waals surface area contributed by atoms with Crippen molar-refractivity contribution in [2.75, 3.05) is 0 Å². The minimum absolute atomic E-state index is 0. The van der Waals surface area contributed by atoms with Gasteiger partial charge in [0.05, 0.1) is 0 Å². The molecule has 1 radical (unpaired) electrons. The molecule has 0 fully saturated rings. The van der Waals surface area contributed by atoms with E-state index in [4.69, 9.17) is 9.90 Å². The van der Waals surface area contributed by atoms with Gasteiger partial charge in [-0.25, -0.2) is 4.79 Å². The molecule has 0 saturated carbocycles. The summed E-state index contributed by atoms with van der Waals surface area (Å²) in [6.45, 7) is 0. The van der Waals surface area contributed by atoms with E-state index < -0.39 is 5.97 Å². The molecular weight excluding hydrogens is 157 g/mol. The number of carboxylic acids is 1. The SMILES string of the molecule is C#CC(=O)O.[Y]. The third kappa shape index (κ3) is 8.92. The molecule has 3 heteroatoms. The minimum atomic E-state index is -1.22. The van der Waals surface area contributed by atoms with Crippen LogP contribution in [0, 0.1) is 12.3 Å². The number of hydrogen-bond donors (Lipinski definition) is 1. The molecule has 0 amide bonds. The van der Waals surface area contributed by atoms with Crippen LogP contribution in [0.15, 0.2) is 0 Å². The van der Waals surface area contributed by atoms with Crippen molar-refractivity contribution in [2.45, 2.75) is 0 Å². The smallest absolute Gasteiger partial charge is 0.381 e. The quantitative estimate of drug-likeness (QED) is 0.492. The van der Waals surface area contributed by atoms with Crippen LogP contribution in [-0.2, 0) is 37.5 Å². The van der Waals surface area contributed by atoms with Gasteiger partial charge in [0.15, 0.2) is 0 Å². The molecule has 0 aliphatic rings. The van der Waals surface area contributed by atoms with E-state index in [0.717, 1.165) is 0 Å². The Hall–Kier alpha value is 0.134. The molecule has 6 heavy (non-hydrogen) atoms. The van der Waals surface area contributed by atoms with Gasteiger partial charge in [-0.3, -0.25) is 0 Å². The summed E-state index contributed by atoms with van der Waals surface area (Å²) in [6, 6.07) is 0. The number of hydrogen-bond acceptors (Lipinski definition) is 1. The van der Waals surface area contributed by atoms with Crippen molar-refractivity contribution in [3.05, 3.63) is 0 Å². The van der Waals surface area contributed by atoms with Crippen molar-refractivity contribution < 1.29 is 42.6 Å². The second-order valence-corrected chi connectivity index (χ2v) is 0.449. The van der Waals surface area contributed by atoms with Gasteiger partial charge in [0, 0.05) is 38.6 Å². The maximum atomic E-state index is 9.13.